The summed E-state index contributed by atoms with van der Waals surface area (Å²) in [5.74, 6) is 0.341. The maximum absolute atomic E-state index is 11.8. The van der Waals surface area contributed by atoms with Gasteiger partial charge in [0, 0.05) is 26.0 Å². The first-order valence-corrected chi connectivity index (χ1v) is 7.42. The highest BCUT2D eigenvalue weighted by Crippen LogP contribution is 2.36. The van der Waals surface area contributed by atoms with E-state index in [0.717, 1.165) is 44.3 Å². The summed E-state index contributed by atoms with van der Waals surface area (Å²) in [7, 11) is 3.96. The Morgan fingerprint density at radius 1 is 1.40 bits per heavy atom. The van der Waals surface area contributed by atoms with Crippen LogP contribution >= 0.6 is 0 Å². The first-order valence-electron chi connectivity index (χ1n) is 7.42. The zero-order valence-electron chi connectivity index (χ0n) is 12.5. The molecule has 1 N–H and O–H groups in total. The second-order valence-corrected chi connectivity index (χ2v) is 6.13. The Morgan fingerprint density at radius 3 is 2.55 bits per heavy atom. The zero-order chi connectivity index (χ0) is 14.6. The summed E-state index contributed by atoms with van der Waals surface area (Å²) in [6.07, 6.45) is 9.69. The molecule has 1 saturated carbocycles. The molecule has 20 heavy (non-hydrogen) atoms. The Hall–Kier alpha value is -1.36. The van der Waals surface area contributed by atoms with Crippen LogP contribution in [0.2, 0.25) is 0 Å². The fourth-order valence-corrected chi connectivity index (χ4v) is 3.21. The molecular formula is C15H25N3O2. The number of hydrogen-bond acceptors (Lipinski definition) is 3. The van der Waals surface area contributed by atoms with E-state index in [2.05, 4.69) is 9.88 Å². The molecule has 0 saturated heterocycles. The summed E-state index contributed by atoms with van der Waals surface area (Å²) < 4.78 is 1.98. The van der Waals surface area contributed by atoms with E-state index in [1.54, 1.807) is 6.20 Å². The second-order valence-electron chi connectivity index (χ2n) is 6.13. The van der Waals surface area contributed by atoms with Crippen molar-refractivity contribution < 1.29 is 9.90 Å². The average molecular weight is 279 g/mol. The molecule has 2 rings (SSSR count). The van der Waals surface area contributed by atoms with Crippen molar-refractivity contribution in [1.29, 1.82) is 0 Å². The van der Waals surface area contributed by atoms with Crippen molar-refractivity contribution in [3.05, 3.63) is 18.2 Å². The molecule has 5 heteroatoms. The number of carbonyl (C=O) groups is 1. The Kier molecular flexibility index (Phi) is 4.81. The summed E-state index contributed by atoms with van der Waals surface area (Å²) in [6, 6.07) is 0. The molecule has 0 aliphatic heterocycles. The number of nitrogens with zero attached hydrogens (tertiary/aromatic N) is 3. The number of hydrogen-bond donors (Lipinski definition) is 1. The van der Waals surface area contributed by atoms with Crippen LogP contribution in [0.5, 0.6) is 0 Å². The quantitative estimate of drug-likeness (QED) is 0.840. The van der Waals surface area contributed by atoms with E-state index < -0.39 is 11.4 Å². The number of aliphatic carboxylic acids is 1. The van der Waals surface area contributed by atoms with Gasteiger partial charge in [0.2, 0.25) is 0 Å². The lowest BCUT2D eigenvalue weighted by Crippen LogP contribution is -2.41. The zero-order valence-corrected chi connectivity index (χ0v) is 12.5. The Balaban J connectivity index is 2.04. The molecule has 5 nitrogen and oxygen atoms in total. The monoisotopic (exact) mass is 279 g/mol. The van der Waals surface area contributed by atoms with Gasteiger partial charge in [-0.3, -0.25) is 9.69 Å². The number of carboxylic acid groups (broad SMARTS) is 1. The van der Waals surface area contributed by atoms with Crippen molar-refractivity contribution in [1.82, 2.24) is 14.5 Å². The van der Waals surface area contributed by atoms with Gasteiger partial charge in [0.15, 0.2) is 0 Å². The molecule has 0 spiro atoms. The second kappa shape index (κ2) is 6.39. The molecule has 0 amide bonds. The predicted molar refractivity (Wildman–Crippen MR) is 77.3 cm³/mol. The minimum Gasteiger partial charge on any atom is -0.481 e. The third-order valence-corrected chi connectivity index (χ3v) is 4.42. The fraction of sp³-hybridized carbons (Fsp3) is 0.733. The van der Waals surface area contributed by atoms with Crippen molar-refractivity contribution in [3.8, 4) is 0 Å². The lowest BCUT2D eigenvalue weighted by Gasteiger charge is -2.32. The topological polar surface area (TPSA) is 58.4 Å². The largest absolute Gasteiger partial charge is 0.481 e. The maximum atomic E-state index is 11.8. The van der Waals surface area contributed by atoms with Gasteiger partial charge in [-0.15, -0.1) is 0 Å². The van der Waals surface area contributed by atoms with Crippen LogP contribution in [0.25, 0.3) is 0 Å². The van der Waals surface area contributed by atoms with E-state index in [-0.39, 0.29) is 0 Å². The Morgan fingerprint density at radius 2 is 2.05 bits per heavy atom. The molecule has 1 fully saturated rings. The fourth-order valence-electron chi connectivity index (χ4n) is 3.21. The van der Waals surface area contributed by atoms with Gasteiger partial charge >= 0.3 is 5.97 Å². The van der Waals surface area contributed by atoms with Crippen LogP contribution < -0.4 is 0 Å². The molecule has 112 valence electrons. The molecule has 0 bridgehead atoms. The predicted octanol–water partition coefficient (Wildman–Crippen LogP) is 2.28. The molecule has 1 aromatic heterocycles. The van der Waals surface area contributed by atoms with Crippen molar-refractivity contribution in [2.75, 3.05) is 13.6 Å². The van der Waals surface area contributed by atoms with E-state index in [1.165, 1.54) is 0 Å². The minimum atomic E-state index is -0.633. The summed E-state index contributed by atoms with van der Waals surface area (Å²) in [5, 5.41) is 9.70. The molecule has 1 heterocycles. The first-order chi connectivity index (χ1) is 9.53. The number of aryl methyl sites for hydroxylation is 1. The van der Waals surface area contributed by atoms with Crippen molar-refractivity contribution >= 4 is 5.97 Å². The molecule has 1 aromatic rings. The lowest BCUT2D eigenvalue weighted by molar-refractivity contribution is -0.151. The van der Waals surface area contributed by atoms with Crippen LogP contribution in [0, 0.1) is 5.41 Å². The minimum absolute atomic E-state index is 0.573. The lowest BCUT2D eigenvalue weighted by atomic mass is 9.80. The van der Waals surface area contributed by atoms with E-state index in [1.807, 2.05) is 24.9 Å². The van der Waals surface area contributed by atoms with Gasteiger partial charge in [0.05, 0.1) is 12.0 Å². The van der Waals surface area contributed by atoms with Crippen molar-refractivity contribution in [2.24, 2.45) is 12.5 Å². The van der Waals surface area contributed by atoms with E-state index in [0.29, 0.717) is 13.1 Å². The molecule has 0 radical (unpaired) electrons. The number of aromatic nitrogens is 2. The summed E-state index contributed by atoms with van der Waals surface area (Å²) in [6.45, 7) is 1.30. The van der Waals surface area contributed by atoms with E-state index in [4.69, 9.17) is 0 Å². The van der Waals surface area contributed by atoms with Gasteiger partial charge in [0.25, 0.3) is 0 Å². The molecular weight excluding hydrogens is 254 g/mol. The SMILES string of the molecule is CN(Cc1nccn1C)CC1(C(=O)O)CCCCCC1. The van der Waals surface area contributed by atoms with Gasteiger partial charge in [-0.1, -0.05) is 25.7 Å². The molecule has 0 aromatic carbocycles. The normalized spacial score (nSPS) is 18.9. The van der Waals surface area contributed by atoms with Crippen LogP contribution in [-0.2, 0) is 18.4 Å². The smallest absolute Gasteiger partial charge is 0.310 e. The van der Waals surface area contributed by atoms with Crippen LogP contribution in [0.3, 0.4) is 0 Å². The third-order valence-electron chi connectivity index (χ3n) is 4.42. The van der Waals surface area contributed by atoms with Gasteiger partial charge in [0.1, 0.15) is 5.82 Å². The van der Waals surface area contributed by atoms with Gasteiger partial charge in [-0.25, -0.2) is 4.98 Å². The molecule has 0 unspecified atom stereocenters. The number of carboxylic acids is 1. The van der Waals surface area contributed by atoms with Gasteiger partial charge < -0.3 is 9.67 Å². The third kappa shape index (κ3) is 3.39. The van der Waals surface area contributed by atoms with Crippen LogP contribution in [0.15, 0.2) is 12.4 Å². The van der Waals surface area contributed by atoms with Crippen LogP contribution in [0.1, 0.15) is 44.3 Å². The van der Waals surface area contributed by atoms with Gasteiger partial charge in [-0.05, 0) is 19.9 Å². The summed E-state index contributed by atoms with van der Waals surface area (Å²) in [4.78, 5) is 18.2. The van der Waals surface area contributed by atoms with E-state index in [9.17, 15) is 9.90 Å². The highest BCUT2D eigenvalue weighted by atomic mass is 16.4. The first kappa shape index (κ1) is 15.0. The van der Waals surface area contributed by atoms with Gasteiger partial charge in [-0.2, -0.15) is 0 Å². The van der Waals surface area contributed by atoms with Crippen molar-refractivity contribution in [2.45, 2.75) is 45.1 Å². The highest BCUT2D eigenvalue weighted by molar-refractivity contribution is 5.75. The molecule has 1 aliphatic carbocycles. The Bertz CT molecular complexity index is 448. The molecule has 1 aliphatic rings. The van der Waals surface area contributed by atoms with Crippen LogP contribution in [0.4, 0.5) is 0 Å². The summed E-state index contributed by atoms with van der Waals surface area (Å²) >= 11 is 0. The number of imidazole rings is 1. The maximum Gasteiger partial charge on any atom is 0.310 e. The molecule has 0 atom stereocenters. The van der Waals surface area contributed by atoms with Crippen LogP contribution in [-0.4, -0.2) is 39.1 Å². The average Bonchev–Trinajstić information content (AvgIpc) is 2.66. The number of rotatable bonds is 5. The summed E-state index contributed by atoms with van der Waals surface area (Å²) in [5.41, 5.74) is -0.573. The van der Waals surface area contributed by atoms with E-state index >= 15 is 0 Å². The standard InChI is InChI=1S/C15H25N3O2/c1-17(11-13-16-9-10-18(13)2)12-15(14(19)20)7-5-3-4-6-8-15/h9-10H,3-8,11-12H2,1-2H3,(H,19,20). The van der Waals surface area contributed by atoms with Crippen molar-refractivity contribution in [3.63, 3.8) is 0 Å². The highest BCUT2D eigenvalue weighted by Gasteiger charge is 2.39. The Labute approximate surface area is 120 Å².